The van der Waals surface area contributed by atoms with Crippen LogP contribution in [-0.2, 0) is 5.41 Å². The monoisotopic (exact) mass is 450 g/mol. The maximum atomic E-state index is 14.0. The normalized spacial score (nSPS) is 11.7. The van der Waals surface area contributed by atoms with E-state index < -0.39 is 5.41 Å². The molecular weight excluding hydrogens is 424 g/mol. The number of Topliss-reactive ketones (excluding diaryl/α,β-unsaturated/α-hetero) is 1. The van der Waals surface area contributed by atoms with Gasteiger partial charge in [0.2, 0.25) is 0 Å². The molecule has 5 aromatic carbocycles. The van der Waals surface area contributed by atoms with Crippen molar-refractivity contribution in [1.82, 2.24) is 0 Å². The van der Waals surface area contributed by atoms with Crippen LogP contribution in [-0.4, -0.2) is 5.78 Å². The van der Waals surface area contributed by atoms with Gasteiger partial charge in [-0.1, -0.05) is 158 Å². The van der Waals surface area contributed by atoms with E-state index in [0.29, 0.717) is 11.1 Å². The minimum absolute atomic E-state index is 0.00367. The highest BCUT2D eigenvalue weighted by molar-refractivity contribution is 6.29. The van der Waals surface area contributed by atoms with Crippen molar-refractivity contribution in [2.75, 3.05) is 0 Å². The van der Waals surface area contributed by atoms with E-state index in [4.69, 9.17) is 0 Å². The smallest absolute Gasteiger partial charge is 0.193 e. The van der Waals surface area contributed by atoms with E-state index in [1.165, 1.54) is 0 Å². The molecule has 0 amide bonds. The van der Waals surface area contributed by atoms with Gasteiger partial charge in [0.25, 0.3) is 0 Å². The van der Waals surface area contributed by atoms with Crippen molar-refractivity contribution in [2.24, 2.45) is 0 Å². The first-order valence-corrected chi connectivity index (χ1v) is 11.8. The molecule has 0 aliphatic heterocycles. The molecule has 0 atom stereocenters. The number of hydrogen-bond acceptors (Lipinski definition) is 1. The molecule has 1 nitrogen and oxygen atoms in total. The maximum absolute atomic E-state index is 14.0. The summed E-state index contributed by atoms with van der Waals surface area (Å²) >= 11 is 0. The van der Waals surface area contributed by atoms with Crippen LogP contribution in [0.4, 0.5) is 0 Å². The second-order valence-electron chi connectivity index (χ2n) is 8.53. The molecule has 1 heteroatoms. The summed E-state index contributed by atoms with van der Waals surface area (Å²) in [6, 6.07) is 50.8. The highest BCUT2D eigenvalue weighted by Crippen LogP contribution is 2.43. The van der Waals surface area contributed by atoms with Crippen molar-refractivity contribution < 1.29 is 4.79 Å². The van der Waals surface area contributed by atoms with E-state index >= 15 is 0 Å². The van der Waals surface area contributed by atoms with Crippen LogP contribution < -0.4 is 0 Å². The van der Waals surface area contributed by atoms with Gasteiger partial charge in [0.05, 0.1) is 5.41 Å². The van der Waals surface area contributed by atoms with E-state index in [1.54, 1.807) is 0 Å². The third-order valence-corrected chi connectivity index (χ3v) is 6.41. The zero-order valence-electron chi connectivity index (χ0n) is 19.4. The van der Waals surface area contributed by atoms with Crippen LogP contribution in [0.1, 0.15) is 32.6 Å². The van der Waals surface area contributed by atoms with E-state index in [1.807, 2.05) is 78.9 Å². The van der Waals surface area contributed by atoms with Crippen LogP contribution in [0.25, 0.3) is 5.57 Å². The molecule has 0 saturated carbocycles. The van der Waals surface area contributed by atoms with E-state index in [-0.39, 0.29) is 5.78 Å². The summed E-state index contributed by atoms with van der Waals surface area (Å²) in [6.45, 7) is 0. The quantitative estimate of drug-likeness (QED) is 0.139. The first kappa shape index (κ1) is 22.3. The van der Waals surface area contributed by atoms with Crippen molar-refractivity contribution in [1.29, 1.82) is 0 Å². The minimum Gasteiger partial charge on any atom is -0.289 e. The van der Waals surface area contributed by atoms with Gasteiger partial charge >= 0.3 is 0 Å². The number of allylic oxidation sites excluding steroid dienone is 2. The topological polar surface area (TPSA) is 17.1 Å². The zero-order valence-corrected chi connectivity index (χ0v) is 19.4. The number of hydrogen-bond donors (Lipinski definition) is 0. The molecule has 5 aromatic rings. The van der Waals surface area contributed by atoms with Gasteiger partial charge in [-0.2, -0.15) is 0 Å². The van der Waals surface area contributed by atoms with E-state index in [2.05, 4.69) is 78.9 Å². The number of ketones is 1. The Morgan fingerprint density at radius 2 is 0.743 bits per heavy atom. The summed E-state index contributed by atoms with van der Waals surface area (Å²) in [7, 11) is 0. The molecule has 0 saturated heterocycles. The molecule has 0 spiro atoms. The summed E-state index contributed by atoms with van der Waals surface area (Å²) in [4.78, 5) is 14.0. The Kier molecular flexibility index (Phi) is 6.50. The molecule has 0 bridgehead atoms. The minimum atomic E-state index is -0.667. The Hall–Kier alpha value is -4.49. The molecule has 35 heavy (non-hydrogen) atoms. The Bertz CT molecular complexity index is 1310. The molecule has 0 radical (unpaired) electrons. The average molecular weight is 451 g/mol. The first-order chi connectivity index (χ1) is 17.3. The molecule has 0 N–H and O–H groups in total. The predicted molar refractivity (Wildman–Crippen MR) is 144 cm³/mol. The third kappa shape index (κ3) is 4.49. The molecule has 168 valence electrons. The summed E-state index contributed by atoms with van der Waals surface area (Å²) in [5.41, 5.74) is 4.89. The van der Waals surface area contributed by atoms with Gasteiger partial charge in [-0.05, 0) is 22.3 Å². The number of carbonyl (C=O) groups is 1. The SMILES string of the molecule is O=C(/C(=C/C(c1ccccc1)(c1ccccc1)c1ccccc1)c1ccccc1)c1ccccc1. The standard InChI is InChI=1S/C34H26O/c35-33(28-18-8-2-9-19-28)32(27-16-6-1-7-17-27)26-34(29-20-10-3-11-21-29,30-22-12-4-13-23-30)31-24-14-5-15-25-31/h1-26H/b32-26+. The second-order valence-corrected chi connectivity index (χ2v) is 8.53. The van der Waals surface area contributed by atoms with Crippen LogP contribution in [0, 0.1) is 0 Å². The summed E-state index contributed by atoms with van der Waals surface area (Å²) in [5.74, 6) is 0.00367. The highest BCUT2D eigenvalue weighted by Gasteiger charge is 2.36. The van der Waals surface area contributed by atoms with Crippen molar-refractivity contribution in [2.45, 2.75) is 5.41 Å². The number of benzene rings is 5. The molecule has 0 aliphatic carbocycles. The highest BCUT2D eigenvalue weighted by atomic mass is 16.1. The molecule has 0 heterocycles. The summed E-state index contributed by atoms with van der Waals surface area (Å²) < 4.78 is 0. The Morgan fingerprint density at radius 1 is 0.429 bits per heavy atom. The van der Waals surface area contributed by atoms with Gasteiger partial charge in [0.15, 0.2) is 5.78 Å². The lowest BCUT2D eigenvalue weighted by Crippen LogP contribution is -2.28. The second kappa shape index (κ2) is 10.2. The molecule has 5 rings (SSSR count). The molecule has 0 unspecified atom stereocenters. The lowest BCUT2D eigenvalue weighted by molar-refractivity contribution is 0.105. The Labute approximate surface area is 207 Å². The van der Waals surface area contributed by atoms with Crippen molar-refractivity contribution in [3.63, 3.8) is 0 Å². The van der Waals surface area contributed by atoms with Crippen molar-refractivity contribution >= 4 is 11.4 Å². The van der Waals surface area contributed by atoms with Crippen LogP contribution in [0.2, 0.25) is 0 Å². The maximum Gasteiger partial charge on any atom is 0.193 e. The Balaban J connectivity index is 1.87. The lowest BCUT2D eigenvalue weighted by atomic mass is 9.67. The lowest BCUT2D eigenvalue weighted by Gasteiger charge is -2.34. The van der Waals surface area contributed by atoms with E-state index in [9.17, 15) is 4.79 Å². The van der Waals surface area contributed by atoms with Gasteiger partial charge < -0.3 is 0 Å². The largest absolute Gasteiger partial charge is 0.289 e. The zero-order chi connectivity index (χ0) is 23.9. The van der Waals surface area contributed by atoms with Crippen LogP contribution in [0.5, 0.6) is 0 Å². The van der Waals surface area contributed by atoms with Crippen LogP contribution >= 0.6 is 0 Å². The van der Waals surface area contributed by atoms with Crippen LogP contribution in [0.15, 0.2) is 158 Å². The van der Waals surface area contributed by atoms with Crippen molar-refractivity contribution in [3.05, 3.63) is 186 Å². The van der Waals surface area contributed by atoms with Crippen molar-refractivity contribution in [3.8, 4) is 0 Å². The fourth-order valence-corrected chi connectivity index (χ4v) is 4.71. The summed E-state index contributed by atoms with van der Waals surface area (Å²) in [6.07, 6.45) is 2.16. The molecular formula is C34H26O. The average Bonchev–Trinajstić information content (AvgIpc) is 2.96. The third-order valence-electron chi connectivity index (χ3n) is 6.41. The first-order valence-electron chi connectivity index (χ1n) is 11.8. The Morgan fingerprint density at radius 3 is 1.11 bits per heavy atom. The van der Waals surface area contributed by atoms with E-state index in [0.717, 1.165) is 22.3 Å². The van der Waals surface area contributed by atoms with Gasteiger partial charge in [0.1, 0.15) is 0 Å². The van der Waals surface area contributed by atoms with Crippen LogP contribution in [0.3, 0.4) is 0 Å². The fraction of sp³-hybridized carbons (Fsp3) is 0.0294. The van der Waals surface area contributed by atoms with Gasteiger partial charge in [-0.15, -0.1) is 0 Å². The number of rotatable bonds is 7. The predicted octanol–water partition coefficient (Wildman–Crippen LogP) is 7.99. The van der Waals surface area contributed by atoms with Gasteiger partial charge in [0, 0.05) is 11.1 Å². The number of carbonyl (C=O) groups excluding carboxylic acids is 1. The molecule has 0 aromatic heterocycles. The molecule has 0 fully saturated rings. The molecule has 0 aliphatic rings. The fourth-order valence-electron chi connectivity index (χ4n) is 4.71. The van der Waals surface area contributed by atoms with Gasteiger partial charge in [-0.25, -0.2) is 0 Å². The van der Waals surface area contributed by atoms with Gasteiger partial charge in [-0.3, -0.25) is 4.79 Å². The summed E-state index contributed by atoms with van der Waals surface area (Å²) in [5, 5.41) is 0.